The maximum absolute atomic E-state index is 13.6. The highest BCUT2D eigenvalue weighted by Gasteiger charge is 2.35. The lowest BCUT2D eigenvalue weighted by atomic mass is 9.93. The first-order valence-corrected chi connectivity index (χ1v) is 10.4. The highest BCUT2D eigenvalue weighted by atomic mass is 32.2. The monoisotopic (exact) mass is 428 g/mol. The molecule has 0 aromatic heterocycles. The Labute approximate surface area is 165 Å². The highest BCUT2D eigenvalue weighted by Crippen LogP contribution is 2.45. The second-order valence-electron chi connectivity index (χ2n) is 6.99. The van der Waals surface area contributed by atoms with Crippen molar-refractivity contribution in [2.75, 3.05) is 19.6 Å². The molecule has 29 heavy (non-hydrogen) atoms. The number of alkyl halides is 5. The molecular formula is C21H17F5O2S. The van der Waals surface area contributed by atoms with Gasteiger partial charge < -0.3 is 0 Å². The molecule has 0 bridgehead atoms. The zero-order valence-electron chi connectivity index (χ0n) is 15.3. The first-order chi connectivity index (χ1) is 13.5. The summed E-state index contributed by atoms with van der Waals surface area (Å²) in [6.07, 6.45) is -0.670. The fourth-order valence-electron chi connectivity index (χ4n) is 3.16. The van der Waals surface area contributed by atoms with Crippen molar-refractivity contribution in [1.82, 2.24) is 0 Å². The van der Waals surface area contributed by atoms with Crippen molar-refractivity contribution in [2.24, 2.45) is 5.41 Å². The summed E-state index contributed by atoms with van der Waals surface area (Å²) in [5.41, 5.74) is -0.637. The first kappa shape index (κ1) is 21.2. The lowest BCUT2D eigenvalue weighted by Gasteiger charge is -2.15. The van der Waals surface area contributed by atoms with Gasteiger partial charge >= 0.3 is 6.18 Å². The van der Waals surface area contributed by atoms with Crippen molar-refractivity contribution in [3.05, 3.63) is 77.4 Å². The maximum Gasteiger partial charge on any atom is 0.416 e. The first-order valence-electron chi connectivity index (χ1n) is 8.55. The van der Waals surface area contributed by atoms with E-state index in [1.165, 1.54) is 48.6 Å². The van der Waals surface area contributed by atoms with Gasteiger partial charge in [-0.05, 0) is 46.5 Å². The summed E-state index contributed by atoms with van der Waals surface area (Å²) in [5, 5.41) is 0. The van der Waals surface area contributed by atoms with Gasteiger partial charge in [0.05, 0.1) is 15.9 Å². The van der Waals surface area contributed by atoms with E-state index in [2.05, 4.69) is 0 Å². The Balaban J connectivity index is 2.08. The van der Waals surface area contributed by atoms with Crippen molar-refractivity contribution in [2.45, 2.75) is 11.1 Å². The Kier molecular flexibility index (Phi) is 5.42. The predicted molar refractivity (Wildman–Crippen MR) is 101 cm³/mol. The zero-order chi connectivity index (χ0) is 21.4. The number of hydrogen-bond acceptors (Lipinski definition) is 2. The lowest BCUT2D eigenvalue weighted by molar-refractivity contribution is -0.137. The molecule has 2 nitrogen and oxygen atoms in total. The molecule has 0 saturated heterocycles. The number of sulfone groups is 1. The zero-order valence-corrected chi connectivity index (χ0v) is 16.1. The molecule has 0 amide bonds. The van der Waals surface area contributed by atoms with Gasteiger partial charge in [0, 0.05) is 6.26 Å². The van der Waals surface area contributed by atoms with Crippen LogP contribution < -0.4 is 0 Å². The van der Waals surface area contributed by atoms with Crippen LogP contribution in [-0.4, -0.2) is 28.0 Å². The van der Waals surface area contributed by atoms with Crippen molar-refractivity contribution in [3.8, 4) is 0 Å². The third kappa shape index (κ3) is 4.27. The SMILES string of the molecule is CS(=O)(=O)c1ccc(C2=CC(CF)(CF)C=C2c2ccc(C(F)(F)F)cc2)cc1. The Morgan fingerprint density at radius 3 is 1.55 bits per heavy atom. The predicted octanol–water partition coefficient (Wildman–Crippen LogP) is 5.51. The maximum atomic E-state index is 13.6. The van der Waals surface area contributed by atoms with E-state index in [1.54, 1.807) is 0 Å². The molecule has 0 N–H and O–H groups in total. The van der Waals surface area contributed by atoms with Gasteiger partial charge in [-0.2, -0.15) is 13.2 Å². The summed E-state index contributed by atoms with van der Waals surface area (Å²) in [6, 6.07) is 10.1. The molecular weight excluding hydrogens is 411 g/mol. The molecule has 1 aliphatic rings. The molecule has 0 unspecified atom stereocenters. The van der Waals surface area contributed by atoms with Crippen molar-refractivity contribution in [1.29, 1.82) is 0 Å². The number of hydrogen-bond donors (Lipinski definition) is 0. The third-order valence-corrected chi connectivity index (χ3v) is 5.90. The molecule has 8 heteroatoms. The van der Waals surface area contributed by atoms with Crippen LogP contribution in [0.1, 0.15) is 16.7 Å². The molecule has 0 fully saturated rings. The Bertz CT molecular complexity index is 1060. The van der Waals surface area contributed by atoms with Crippen LogP contribution in [0.2, 0.25) is 0 Å². The van der Waals surface area contributed by atoms with Crippen LogP contribution in [0, 0.1) is 5.41 Å². The van der Waals surface area contributed by atoms with Crippen LogP contribution >= 0.6 is 0 Å². The van der Waals surface area contributed by atoms with E-state index >= 15 is 0 Å². The van der Waals surface area contributed by atoms with Crippen LogP contribution in [0.25, 0.3) is 11.1 Å². The molecule has 2 aromatic rings. The van der Waals surface area contributed by atoms with Gasteiger partial charge in [0.25, 0.3) is 0 Å². The molecule has 0 aliphatic heterocycles. The molecule has 0 radical (unpaired) electrons. The van der Waals surface area contributed by atoms with E-state index in [0.29, 0.717) is 22.3 Å². The normalized spacial score (nSPS) is 16.5. The van der Waals surface area contributed by atoms with Crippen LogP contribution in [0.15, 0.2) is 65.6 Å². The summed E-state index contributed by atoms with van der Waals surface area (Å²) >= 11 is 0. The van der Waals surface area contributed by atoms with Gasteiger partial charge in [-0.3, -0.25) is 0 Å². The summed E-state index contributed by atoms with van der Waals surface area (Å²) in [7, 11) is -3.42. The fourth-order valence-corrected chi connectivity index (χ4v) is 3.79. The molecule has 3 rings (SSSR count). The van der Waals surface area contributed by atoms with Gasteiger partial charge in [0.1, 0.15) is 13.3 Å². The molecule has 2 aromatic carbocycles. The van der Waals surface area contributed by atoms with E-state index in [9.17, 15) is 30.4 Å². The van der Waals surface area contributed by atoms with Crippen LogP contribution in [0.5, 0.6) is 0 Å². The molecule has 154 valence electrons. The van der Waals surface area contributed by atoms with Crippen molar-refractivity contribution < 1.29 is 30.4 Å². The minimum absolute atomic E-state index is 0.0853. The molecule has 1 aliphatic carbocycles. The topological polar surface area (TPSA) is 34.1 Å². The van der Waals surface area contributed by atoms with Gasteiger partial charge in [0.2, 0.25) is 0 Å². The second kappa shape index (κ2) is 7.40. The Morgan fingerprint density at radius 1 is 0.793 bits per heavy atom. The number of rotatable bonds is 5. The lowest BCUT2D eigenvalue weighted by Crippen LogP contribution is -2.18. The van der Waals surface area contributed by atoms with Crippen molar-refractivity contribution in [3.63, 3.8) is 0 Å². The summed E-state index contributed by atoms with van der Waals surface area (Å²) in [6.45, 7) is -2.03. The van der Waals surface area contributed by atoms with Gasteiger partial charge in [-0.1, -0.05) is 36.4 Å². The van der Waals surface area contributed by atoms with E-state index in [1.807, 2.05) is 0 Å². The number of allylic oxidation sites excluding steroid dienone is 4. The van der Waals surface area contributed by atoms with Gasteiger partial charge in [-0.25, -0.2) is 17.2 Å². The Hall–Kier alpha value is -2.48. The minimum Gasteiger partial charge on any atom is -0.250 e. The standard InChI is InChI=1S/C21H17F5O2S/c1-29(27,28)17-8-4-15(5-9-17)19-11-20(12-22,13-23)10-18(19)14-2-6-16(7-3-14)21(24,25)26/h2-11H,12-13H2,1H3. The highest BCUT2D eigenvalue weighted by molar-refractivity contribution is 7.90. The number of benzene rings is 2. The quantitative estimate of drug-likeness (QED) is 0.588. The van der Waals surface area contributed by atoms with Crippen LogP contribution in [0.3, 0.4) is 0 Å². The van der Waals surface area contributed by atoms with E-state index in [4.69, 9.17) is 0 Å². The van der Waals surface area contributed by atoms with E-state index in [-0.39, 0.29) is 4.90 Å². The average molecular weight is 428 g/mol. The molecule has 0 spiro atoms. The smallest absolute Gasteiger partial charge is 0.250 e. The number of halogens is 5. The molecule has 0 atom stereocenters. The van der Waals surface area contributed by atoms with Crippen LogP contribution in [0.4, 0.5) is 22.0 Å². The second-order valence-corrected chi connectivity index (χ2v) is 9.00. The summed E-state index contributed by atoms with van der Waals surface area (Å²) < 4.78 is 89.0. The largest absolute Gasteiger partial charge is 0.416 e. The van der Waals surface area contributed by atoms with Gasteiger partial charge in [-0.15, -0.1) is 0 Å². The molecule has 0 heterocycles. The molecule has 0 saturated carbocycles. The third-order valence-electron chi connectivity index (χ3n) is 4.77. The van der Waals surface area contributed by atoms with E-state index in [0.717, 1.165) is 18.4 Å². The van der Waals surface area contributed by atoms with E-state index < -0.39 is 40.3 Å². The van der Waals surface area contributed by atoms with Crippen LogP contribution in [-0.2, 0) is 16.0 Å². The van der Waals surface area contributed by atoms with Gasteiger partial charge in [0.15, 0.2) is 9.84 Å². The Morgan fingerprint density at radius 2 is 1.21 bits per heavy atom. The summed E-state index contributed by atoms with van der Waals surface area (Å²) in [5.74, 6) is 0. The summed E-state index contributed by atoms with van der Waals surface area (Å²) in [4.78, 5) is 0.0853. The minimum atomic E-state index is -4.50. The van der Waals surface area contributed by atoms with Crippen molar-refractivity contribution >= 4 is 21.0 Å². The fraction of sp³-hybridized carbons (Fsp3) is 0.238. The average Bonchev–Trinajstić information content (AvgIpc) is 3.07.